The van der Waals surface area contributed by atoms with E-state index < -0.39 is 0 Å². The molecule has 1 aliphatic heterocycles. The van der Waals surface area contributed by atoms with Gasteiger partial charge in [0.1, 0.15) is 0 Å². The first-order valence-electron chi connectivity index (χ1n) is 4.24. The molecular formula is C11H15NO. The highest BCUT2D eigenvalue weighted by Crippen LogP contribution is 2.22. The van der Waals surface area contributed by atoms with Gasteiger partial charge < -0.3 is 4.74 Å². The second-order valence-corrected chi connectivity index (χ2v) is 2.92. The standard InChI is InChI=1S/C11H15NO/c1-5-6-12-10(3)7-9(2)8-11(12)13-4/h5-8H,3H2,1-2,4H3/b6-5-. The van der Waals surface area contributed by atoms with Crippen LogP contribution < -0.4 is 0 Å². The molecule has 0 aliphatic carbocycles. The first kappa shape index (κ1) is 9.65. The summed E-state index contributed by atoms with van der Waals surface area (Å²) in [5, 5.41) is 0. The lowest BCUT2D eigenvalue weighted by Gasteiger charge is -2.25. The van der Waals surface area contributed by atoms with Crippen molar-refractivity contribution in [2.24, 2.45) is 0 Å². The van der Waals surface area contributed by atoms with Crippen LogP contribution in [0.2, 0.25) is 0 Å². The van der Waals surface area contributed by atoms with Crippen molar-refractivity contribution in [3.8, 4) is 0 Å². The highest BCUT2D eigenvalue weighted by atomic mass is 16.5. The van der Waals surface area contributed by atoms with Gasteiger partial charge in [-0.2, -0.15) is 0 Å². The van der Waals surface area contributed by atoms with Gasteiger partial charge in [0.05, 0.1) is 7.11 Å². The monoisotopic (exact) mass is 177 g/mol. The minimum absolute atomic E-state index is 0.808. The maximum atomic E-state index is 5.23. The summed E-state index contributed by atoms with van der Waals surface area (Å²) in [6.07, 6.45) is 7.88. The van der Waals surface area contributed by atoms with Gasteiger partial charge in [-0.3, -0.25) is 4.90 Å². The SMILES string of the molecule is C=C1C=C(C)C=C(OC)N1/C=C\C. The Hall–Kier alpha value is -1.44. The Labute approximate surface area is 79.5 Å². The smallest absolute Gasteiger partial charge is 0.197 e. The molecule has 0 aromatic rings. The number of hydrogen-bond acceptors (Lipinski definition) is 2. The molecule has 0 aromatic carbocycles. The molecule has 0 bridgehead atoms. The molecular weight excluding hydrogens is 162 g/mol. The van der Waals surface area contributed by atoms with Crippen molar-refractivity contribution in [1.29, 1.82) is 0 Å². The molecule has 0 saturated heterocycles. The van der Waals surface area contributed by atoms with Gasteiger partial charge in [0.25, 0.3) is 0 Å². The molecule has 0 amide bonds. The Morgan fingerprint density at radius 3 is 2.69 bits per heavy atom. The summed E-state index contributed by atoms with van der Waals surface area (Å²) in [5.41, 5.74) is 2.08. The highest BCUT2D eigenvalue weighted by Gasteiger charge is 2.13. The molecule has 0 saturated carbocycles. The fraction of sp³-hybridized carbons (Fsp3) is 0.273. The zero-order chi connectivity index (χ0) is 9.84. The second-order valence-electron chi connectivity index (χ2n) is 2.92. The summed E-state index contributed by atoms with van der Waals surface area (Å²) in [5.74, 6) is 0.808. The first-order valence-corrected chi connectivity index (χ1v) is 4.24. The Balaban J connectivity index is 2.98. The summed E-state index contributed by atoms with van der Waals surface area (Å²) in [4.78, 5) is 1.91. The fourth-order valence-corrected chi connectivity index (χ4v) is 1.26. The summed E-state index contributed by atoms with van der Waals surface area (Å²) < 4.78 is 5.23. The van der Waals surface area contributed by atoms with Crippen LogP contribution in [0.15, 0.2) is 48.2 Å². The van der Waals surface area contributed by atoms with Crippen LogP contribution in [-0.4, -0.2) is 12.0 Å². The Morgan fingerprint density at radius 1 is 1.46 bits per heavy atom. The summed E-state index contributed by atoms with van der Waals surface area (Å²) >= 11 is 0. The normalized spacial score (nSPS) is 17.5. The predicted octanol–water partition coefficient (Wildman–Crippen LogP) is 2.78. The quantitative estimate of drug-likeness (QED) is 0.643. The summed E-state index contributed by atoms with van der Waals surface area (Å²) in [6.45, 7) is 7.93. The van der Waals surface area contributed by atoms with Crippen molar-refractivity contribution >= 4 is 0 Å². The maximum Gasteiger partial charge on any atom is 0.197 e. The minimum Gasteiger partial charge on any atom is -0.482 e. The van der Waals surface area contributed by atoms with Crippen molar-refractivity contribution < 1.29 is 4.74 Å². The lowest BCUT2D eigenvalue weighted by atomic mass is 10.2. The average molecular weight is 177 g/mol. The molecule has 70 valence electrons. The summed E-state index contributed by atoms with van der Waals surface area (Å²) in [7, 11) is 1.66. The van der Waals surface area contributed by atoms with E-state index in [4.69, 9.17) is 4.74 Å². The van der Waals surface area contributed by atoms with Gasteiger partial charge in [0.2, 0.25) is 0 Å². The van der Waals surface area contributed by atoms with Gasteiger partial charge in [0, 0.05) is 18.0 Å². The van der Waals surface area contributed by atoms with E-state index in [0.717, 1.165) is 17.2 Å². The van der Waals surface area contributed by atoms with E-state index in [1.807, 2.05) is 43.2 Å². The number of ether oxygens (including phenoxy) is 1. The van der Waals surface area contributed by atoms with Crippen LogP contribution in [0.25, 0.3) is 0 Å². The van der Waals surface area contributed by atoms with E-state index in [1.54, 1.807) is 7.11 Å². The van der Waals surface area contributed by atoms with Gasteiger partial charge in [-0.15, -0.1) is 0 Å². The molecule has 0 fully saturated rings. The Bertz CT molecular complexity index is 297. The minimum atomic E-state index is 0.808. The van der Waals surface area contributed by atoms with Gasteiger partial charge in [-0.05, 0) is 25.5 Å². The average Bonchev–Trinajstić information content (AvgIpc) is 2.09. The van der Waals surface area contributed by atoms with Crippen LogP contribution in [0.3, 0.4) is 0 Å². The van der Waals surface area contributed by atoms with Crippen LogP contribution in [-0.2, 0) is 4.74 Å². The molecule has 2 heteroatoms. The zero-order valence-electron chi connectivity index (χ0n) is 8.37. The zero-order valence-corrected chi connectivity index (χ0v) is 8.37. The van der Waals surface area contributed by atoms with Crippen LogP contribution in [0.1, 0.15) is 13.8 Å². The Morgan fingerprint density at radius 2 is 2.15 bits per heavy atom. The second kappa shape index (κ2) is 3.99. The molecule has 1 heterocycles. The van der Waals surface area contributed by atoms with Crippen LogP contribution >= 0.6 is 0 Å². The lowest BCUT2D eigenvalue weighted by molar-refractivity contribution is 0.210. The van der Waals surface area contributed by atoms with Gasteiger partial charge in [-0.25, -0.2) is 0 Å². The number of nitrogens with zero attached hydrogens (tertiary/aromatic N) is 1. The molecule has 0 N–H and O–H groups in total. The molecule has 2 nitrogen and oxygen atoms in total. The van der Waals surface area contributed by atoms with Gasteiger partial charge >= 0.3 is 0 Å². The van der Waals surface area contributed by atoms with E-state index in [1.165, 1.54) is 0 Å². The van der Waals surface area contributed by atoms with Gasteiger partial charge in [0.15, 0.2) is 5.88 Å². The third kappa shape index (κ3) is 2.02. The maximum absolute atomic E-state index is 5.23. The van der Waals surface area contributed by atoms with Crippen LogP contribution in [0, 0.1) is 0 Å². The number of rotatable bonds is 2. The molecule has 0 atom stereocenters. The van der Waals surface area contributed by atoms with Crippen molar-refractivity contribution in [3.63, 3.8) is 0 Å². The van der Waals surface area contributed by atoms with E-state index in [0.29, 0.717) is 0 Å². The van der Waals surface area contributed by atoms with Crippen molar-refractivity contribution in [3.05, 3.63) is 48.2 Å². The lowest BCUT2D eigenvalue weighted by Crippen LogP contribution is -2.18. The molecule has 0 aromatic heterocycles. The number of methoxy groups -OCH3 is 1. The van der Waals surface area contributed by atoms with Crippen molar-refractivity contribution in [2.45, 2.75) is 13.8 Å². The van der Waals surface area contributed by atoms with E-state index in [2.05, 4.69) is 6.58 Å². The third-order valence-electron chi connectivity index (χ3n) is 1.80. The van der Waals surface area contributed by atoms with Crippen LogP contribution in [0.5, 0.6) is 0 Å². The molecule has 1 rings (SSSR count). The summed E-state index contributed by atoms with van der Waals surface area (Å²) in [6, 6.07) is 0. The van der Waals surface area contributed by atoms with Crippen molar-refractivity contribution in [1.82, 2.24) is 4.90 Å². The van der Waals surface area contributed by atoms with Gasteiger partial charge in [-0.1, -0.05) is 12.7 Å². The molecule has 13 heavy (non-hydrogen) atoms. The number of allylic oxidation sites excluding steroid dienone is 4. The Kier molecular flexibility index (Phi) is 2.96. The highest BCUT2D eigenvalue weighted by molar-refractivity contribution is 5.36. The van der Waals surface area contributed by atoms with Crippen molar-refractivity contribution in [2.75, 3.05) is 7.11 Å². The molecule has 1 aliphatic rings. The molecule has 0 spiro atoms. The fourth-order valence-electron chi connectivity index (χ4n) is 1.26. The number of hydrogen-bond donors (Lipinski definition) is 0. The topological polar surface area (TPSA) is 12.5 Å². The van der Waals surface area contributed by atoms with Crippen LogP contribution in [0.4, 0.5) is 0 Å². The van der Waals surface area contributed by atoms with E-state index in [9.17, 15) is 0 Å². The third-order valence-corrected chi connectivity index (χ3v) is 1.80. The molecule has 0 unspecified atom stereocenters. The van der Waals surface area contributed by atoms with E-state index >= 15 is 0 Å². The molecule has 0 radical (unpaired) electrons. The van der Waals surface area contributed by atoms with E-state index in [-0.39, 0.29) is 0 Å². The first-order chi connectivity index (χ1) is 6.19. The predicted molar refractivity (Wildman–Crippen MR) is 54.6 cm³/mol. The largest absolute Gasteiger partial charge is 0.482 e.